The normalized spacial score (nSPS) is 16.5. The molecule has 0 aromatic carbocycles. The van der Waals surface area contributed by atoms with Crippen molar-refractivity contribution in [1.82, 2.24) is 0 Å². The lowest BCUT2D eigenvalue weighted by Gasteiger charge is -2.19. The molecule has 22 heavy (non-hydrogen) atoms. The minimum Gasteiger partial charge on any atom is -0.436 e. The van der Waals surface area contributed by atoms with Gasteiger partial charge in [-0.3, -0.25) is 9.59 Å². The van der Waals surface area contributed by atoms with Crippen LogP contribution in [0, 0.1) is 0 Å². The lowest BCUT2D eigenvalue weighted by molar-refractivity contribution is -0.226. The van der Waals surface area contributed by atoms with Gasteiger partial charge in [-0.05, 0) is 27.7 Å². The van der Waals surface area contributed by atoms with Crippen molar-refractivity contribution in [2.45, 2.75) is 65.7 Å². The van der Waals surface area contributed by atoms with Gasteiger partial charge in [-0.15, -0.1) is 0 Å². The van der Waals surface area contributed by atoms with Crippen LogP contribution < -0.4 is 0 Å². The van der Waals surface area contributed by atoms with Gasteiger partial charge in [0.05, 0.1) is 12.8 Å². The quantitative estimate of drug-likeness (QED) is 0.418. The third-order valence-electron chi connectivity index (χ3n) is 2.56. The van der Waals surface area contributed by atoms with Crippen LogP contribution in [0.3, 0.4) is 0 Å². The van der Waals surface area contributed by atoms with Gasteiger partial charge >= 0.3 is 11.9 Å². The van der Waals surface area contributed by atoms with E-state index in [2.05, 4.69) is 0 Å². The molecule has 8 nitrogen and oxygen atoms in total. The Morgan fingerprint density at radius 2 is 1.00 bits per heavy atom. The van der Waals surface area contributed by atoms with E-state index in [1.807, 2.05) is 0 Å². The smallest absolute Gasteiger partial charge is 0.308 e. The molecule has 0 rings (SSSR count). The maximum Gasteiger partial charge on any atom is 0.308 e. The first kappa shape index (κ1) is 20.8. The van der Waals surface area contributed by atoms with Gasteiger partial charge in [-0.25, -0.2) is 0 Å². The van der Waals surface area contributed by atoms with E-state index in [9.17, 15) is 9.59 Å². The first-order valence-electron chi connectivity index (χ1n) is 7.04. The summed E-state index contributed by atoms with van der Waals surface area (Å²) in [5, 5.41) is 0. The fraction of sp³-hybridized carbons (Fsp3) is 0.857. The van der Waals surface area contributed by atoms with Crippen LogP contribution >= 0.6 is 0 Å². The summed E-state index contributed by atoms with van der Waals surface area (Å²) in [5.74, 6) is -1.13. The van der Waals surface area contributed by atoms with Gasteiger partial charge in [-0.2, -0.15) is 0 Å². The van der Waals surface area contributed by atoms with Crippen molar-refractivity contribution >= 4 is 11.9 Å². The largest absolute Gasteiger partial charge is 0.436 e. The maximum atomic E-state index is 11.5. The van der Waals surface area contributed by atoms with Crippen LogP contribution in [0.15, 0.2) is 0 Å². The monoisotopic (exact) mass is 322 g/mol. The first-order chi connectivity index (χ1) is 10.3. The molecule has 0 radical (unpaired) electrons. The predicted octanol–water partition coefficient (Wildman–Crippen LogP) is 1.56. The molecule has 4 unspecified atom stereocenters. The van der Waals surface area contributed by atoms with Crippen molar-refractivity contribution in [2.24, 2.45) is 0 Å². The predicted molar refractivity (Wildman–Crippen MR) is 75.5 cm³/mol. The van der Waals surface area contributed by atoms with Gasteiger partial charge in [0.1, 0.15) is 0 Å². The number of carbonyl (C=O) groups excluding carboxylic acids is 2. The molecule has 4 atom stereocenters. The summed E-state index contributed by atoms with van der Waals surface area (Å²) < 4.78 is 30.0. The summed E-state index contributed by atoms with van der Waals surface area (Å²) in [6, 6.07) is 0. The van der Waals surface area contributed by atoms with Crippen LogP contribution in [0.1, 0.15) is 40.5 Å². The Morgan fingerprint density at radius 3 is 1.27 bits per heavy atom. The van der Waals surface area contributed by atoms with Crippen molar-refractivity contribution < 1.29 is 38.0 Å². The molecule has 0 aliphatic carbocycles. The van der Waals surface area contributed by atoms with Crippen LogP contribution in [-0.2, 0) is 38.0 Å². The van der Waals surface area contributed by atoms with Crippen molar-refractivity contribution in [3.05, 3.63) is 0 Å². The lowest BCUT2D eigenvalue weighted by atomic mass is 10.3. The number of hydrogen-bond acceptors (Lipinski definition) is 8. The van der Waals surface area contributed by atoms with E-state index in [0.29, 0.717) is 0 Å². The van der Waals surface area contributed by atoms with Crippen molar-refractivity contribution in [3.63, 3.8) is 0 Å². The Kier molecular flexibility index (Phi) is 10.7. The molecule has 0 aromatic heterocycles. The van der Waals surface area contributed by atoms with Gasteiger partial charge in [0, 0.05) is 14.2 Å². The highest BCUT2D eigenvalue weighted by Gasteiger charge is 2.17. The molecule has 130 valence electrons. The summed E-state index contributed by atoms with van der Waals surface area (Å²) in [5.41, 5.74) is 0. The van der Waals surface area contributed by atoms with E-state index in [4.69, 9.17) is 28.4 Å². The standard InChI is InChI=1S/C14H26O8/c1-9(17-5)19-11(3)21-13(15)7-8-14(16)22-12(4)20-10(2)18-6/h9-12H,7-8H2,1-6H3. The first-order valence-corrected chi connectivity index (χ1v) is 7.04. The zero-order valence-corrected chi connectivity index (χ0v) is 14.0. The lowest BCUT2D eigenvalue weighted by Crippen LogP contribution is -2.26. The van der Waals surface area contributed by atoms with Crippen LogP contribution in [0.5, 0.6) is 0 Å². The van der Waals surface area contributed by atoms with E-state index < -0.39 is 37.1 Å². The zero-order valence-electron chi connectivity index (χ0n) is 14.0. The van der Waals surface area contributed by atoms with Crippen molar-refractivity contribution in [3.8, 4) is 0 Å². The number of carbonyl (C=O) groups is 2. The molecule has 0 bridgehead atoms. The number of esters is 2. The van der Waals surface area contributed by atoms with E-state index >= 15 is 0 Å². The van der Waals surface area contributed by atoms with E-state index in [-0.39, 0.29) is 12.8 Å². The van der Waals surface area contributed by atoms with Gasteiger partial charge in [0.15, 0.2) is 12.6 Å². The minimum absolute atomic E-state index is 0.111. The van der Waals surface area contributed by atoms with Crippen LogP contribution in [-0.4, -0.2) is 51.3 Å². The molecular weight excluding hydrogens is 296 g/mol. The van der Waals surface area contributed by atoms with Crippen LogP contribution in [0.4, 0.5) is 0 Å². The van der Waals surface area contributed by atoms with Crippen LogP contribution in [0.2, 0.25) is 0 Å². The molecule has 0 saturated heterocycles. The molecule has 0 saturated carbocycles. The Labute approximate surface area is 130 Å². The third kappa shape index (κ3) is 10.5. The van der Waals surface area contributed by atoms with Crippen molar-refractivity contribution in [1.29, 1.82) is 0 Å². The highest BCUT2D eigenvalue weighted by atomic mass is 16.8. The SMILES string of the molecule is COC(C)OC(C)OC(=O)CCC(=O)OC(C)OC(C)OC. The van der Waals surface area contributed by atoms with Gasteiger partial charge < -0.3 is 28.4 Å². The van der Waals surface area contributed by atoms with Gasteiger partial charge in [0.2, 0.25) is 12.6 Å². The second kappa shape index (κ2) is 11.4. The Hall–Kier alpha value is -1.22. The molecule has 0 fully saturated rings. The highest BCUT2D eigenvalue weighted by Crippen LogP contribution is 2.06. The van der Waals surface area contributed by atoms with Gasteiger partial charge in [-0.1, -0.05) is 0 Å². The highest BCUT2D eigenvalue weighted by molar-refractivity contribution is 5.77. The third-order valence-corrected chi connectivity index (χ3v) is 2.56. The molecule has 0 amide bonds. The van der Waals surface area contributed by atoms with Crippen LogP contribution in [0.25, 0.3) is 0 Å². The average Bonchev–Trinajstić information content (AvgIpc) is 2.44. The van der Waals surface area contributed by atoms with E-state index in [0.717, 1.165) is 0 Å². The second-order valence-electron chi connectivity index (χ2n) is 4.49. The topological polar surface area (TPSA) is 89.5 Å². The Balaban J connectivity index is 3.92. The van der Waals surface area contributed by atoms with E-state index in [1.165, 1.54) is 14.2 Å². The number of rotatable bonds is 11. The second-order valence-corrected chi connectivity index (χ2v) is 4.49. The fourth-order valence-corrected chi connectivity index (χ4v) is 1.40. The molecule has 0 N–H and O–H groups in total. The molecule has 0 spiro atoms. The molecular formula is C14H26O8. The summed E-state index contributed by atoms with van der Waals surface area (Å²) in [4.78, 5) is 23.1. The summed E-state index contributed by atoms with van der Waals surface area (Å²) >= 11 is 0. The molecule has 0 aliphatic rings. The van der Waals surface area contributed by atoms with Crippen molar-refractivity contribution in [2.75, 3.05) is 14.2 Å². The van der Waals surface area contributed by atoms with E-state index in [1.54, 1.807) is 27.7 Å². The maximum absolute atomic E-state index is 11.5. The Bertz CT molecular complexity index is 301. The average molecular weight is 322 g/mol. The minimum atomic E-state index is -0.761. The molecule has 0 heterocycles. The molecule has 0 aromatic rings. The number of methoxy groups -OCH3 is 2. The fourth-order valence-electron chi connectivity index (χ4n) is 1.40. The summed E-state index contributed by atoms with van der Waals surface area (Å²) in [6.07, 6.45) is -2.73. The van der Waals surface area contributed by atoms with Gasteiger partial charge in [0.25, 0.3) is 0 Å². The number of hydrogen-bond donors (Lipinski definition) is 0. The molecule has 0 aliphatic heterocycles. The molecule has 8 heteroatoms. The summed E-state index contributed by atoms with van der Waals surface area (Å²) in [6.45, 7) is 6.47. The zero-order chi connectivity index (χ0) is 17.1. The number of ether oxygens (including phenoxy) is 6. The Morgan fingerprint density at radius 1 is 0.682 bits per heavy atom. The summed E-state index contributed by atoms with van der Waals surface area (Å²) in [7, 11) is 2.95.